The lowest BCUT2D eigenvalue weighted by atomic mass is 10.2. The van der Waals surface area contributed by atoms with Crippen LogP contribution in [0.5, 0.6) is 0 Å². The molecule has 0 fully saturated rings. The number of sulfone groups is 1. The number of anilines is 1. The molecule has 0 saturated carbocycles. The van der Waals surface area contributed by atoms with Gasteiger partial charge in [0.1, 0.15) is 5.52 Å². The van der Waals surface area contributed by atoms with E-state index in [1.807, 2.05) is 6.07 Å². The van der Waals surface area contributed by atoms with Gasteiger partial charge in [0.2, 0.25) is 9.84 Å². The third-order valence-electron chi connectivity index (χ3n) is 3.04. The normalized spacial score (nSPS) is 11.8. The van der Waals surface area contributed by atoms with Crippen molar-refractivity contribution in [2.75, 3.05) is 11.5 Å². The van der Waals surface area contributed by atoms with E-state index < -0.39 is 9.84 Å². The van der Waals surface area contributed by atoms with Crippen molar-refractivity contribution in [1.29, 1.82) is 0 Å². The standard InChI is InChI=1S/C14H13N3O3S/c15-11-3-4-13-12(8-11)17-14(20-13)21(18,19)7-5-10-2-1-6-16-9-10/h1-4,6,8-9H,5,7,15H2. The van der Waals surface area contributed by atoms with Gasteiger partial charge in [-0.05, 0) is 36.2 Å². The summed E-state index contributed by atoms with van der Waals surface area (Å²) < 4.78 is 29.8. The maximum absolute atomic E-state index is 12.3. The predicted molar refractivity (Wildman–Crippen MR) is 78.4 cm³/mol. The van der Waals surface area contributed by atoms with Crippen molar-refractivity contribution < 1.29 is 12.8 Å². The molecule has 0 spiro atoms. The average molecular weight is 303 g/mol. The number of aryl methyl sites for hydroxylation is 1. The number of fused-ring (bicyclic) bond motifs is 1. The molecule has 0 bridgehead atoms. The van der Waals surface area contributed by atoms with Crippen LogP contribution in [0.15, 0.2) is 52.4 Å². The minimum absolute atomic E-state index is 0.0823. The zero-order chi connectivity index (χ0) is 14.9. The maximum Gasteiger partial charge on any atom is 0.316 e. The van der Waals surface area contributed by atoms with Crippen molar-refractivity contribution in [3.63, 3.8) is 0 Å². The first-order valence-electron chi connectivity index (χ1n) is 6.32. The van der Waals surface area contributed by atoms with E-state index in [1.54, 1.807) is 36.7 Å². The van der Waals surface area contributed by atoms with Crippen LogP contribution in [0.3, 0.4) is 0 Å². The third kappa shape index (κ3) is 2.87. The van der Waals surface area contributed by atoms with E-state index in [0.717, 1.165) is 5.56 Å². The zero-order valence-electron chi connectivity index (χ0n) is 11.1. The van der Waals surface area contributed by atoms with Crippen LogP contribution in [0.4, 0.5) is 5.69 Å². The summed E-state index contributed by atoms with van der Waals surface area (Å²) in [6, 6.07) is 8.43. The molecule has 0 unspecified atom stereocenters. The topological polar surface area (TPSA) is 99.1 Å². The minimum Gasteiger partial charge on any atom is -0.428 e. The number of aromatic nitrogens is 2. The molecule has 2 heterocycles. The van der Waals surface area contributed by atoms with Crippen LogP contribution in [0.1, 0.15) is 5.56 Å². The molecule has 2 N–H and O–H groups in total. The lowest BCUT2D eigenvalue weighted by Gasteiger charge is -2.00. The van der Waals surface area contributed by atoms with E-state index in [4.69, 9.17) is 10.2 Å². The molecule has 21 heavy (non-hydrogen) atoms. The summed E-state index contributed by atoms with van der Waals surface area (Å²) >= 11 is 0. The van der Waals surface area contributed by atoms with Crippen molar-refractivity contribution in [3.05, 3.63) is 48.3 Å². The largest absolute Gasteiger partial charge is 0.428 e. The lowest BCUT2D eigenvalue weighted by Crippen LogP contribution is -2.09. The molecule has 0 amide bonds. The molecule has 2 aromatic heterocycles. The number of hydrogen-bond acceptors (Lipinski definition) is 6. The predicted octanol–water partition coefficient (Wildman–Crippen LogP) is 1.82. The molecule has 1 aromatic carbocycles. The van der Waals surface area contributed by atoms with Gasteiger partial charge in [-0.25, -0.2) is 8.42 Å². The quantitative estimate of drug-likeness (QED) is 0.738. The van der Waals surface area contributed by atoms with Gasteiger partial charge in [0.15, 0.2) is 5.58 Å². The van der Waals surface area contributed by atoms with Crippen LogP contribution < -0.4 is 5.73 Å². The minimum atomic E-state index is -3.58. The number of pyridine rings is 1. The molecule has 0 radical (unpaired) electrons. The van der Waals surface area contributed by atoms with Gasteiger partial charge < -0.3 is 10.2 Å². The van der Waals surface area contributed by atoms with E-state index in [0.29, 0.717) is 23.2 Å². The van der Waals surface area contributed by atoms with Gasteiger partial charge in [0.25, 0.3) is 0 Å². The monoisotopic (exact) mass is 303 g/mol. The highest BCUT2D eigenvalue weighted by Crippen LogP contribution is 2.22. The van der Waals surface area contributed by atoms with E-state index in [1.165, 1.54) is 0 Å². The second kappa shape index (κ2) is 5.17. The molecule has 0 aliphatic carbocycles. The van der Waals surface area contributed by atoms with Crippen LogP contribution in [0.25, 0.3) is 11.1 Å². The van der Waals surface area contributed by atoms with Crippen molar-refractivity contribution in [1.82, 2.24) is 9.97 Å². The Kier molecular flexibility index (Phi) is 3.34. The number of benzene rings is 1. The highest BCUT2D eigenvalue weighted by Gasteiger charge is 2.21. The van der Waals surface area contributed by atoms with E-state index in [-0.39, 0.29) is 11.0 Å². The molecule has 0 atom stereocenters. The van der Waals surface area contributed by atoms with Gasteiger partial charge in [-0.3, -0.25) is 4.98 Å². The number of nitrogens with two attached hydrogens (primary N) is 1. The van der Waals surface area contributed by atoms with Gasteiger partial charge in [-0.15, -0.1) is 0 Å². The number of hydrogen-bond donors (Lipinski definition) is 1. The van der Waals surface area contributed by atoms with Crippen molar-refractivity contribution in [2.45, 2.75) is 11.6 Å². The van der Waals surface area contributed by atoms with Gasteiger partial charge in [-0.2, -0.15) is 4.98 Å². The Morgan fingerprint density at radius 1 is 1.24 bits per heavy atom. The first kappa shape index (κ1) is 13.6. The fourth-order valence-electron chi connectivity index (χ4n) is 1.94. The van der Waals surface area contributed by atoms with Crippen molar-refractivity contribution in [3.8, 4) is 0 Å². The second-order valence-corrected chi connectivity index (χ2v) is 6.62. The molecular weight excluding hydrogens is 290 g/mol. The number of nitrogen functional groups attached to an aromatic ring is 1. The third-order valence-corrected chi connectivity index (χ3v) is 4.49. The van der Waals surface area contributed by atoms with E-state index >= 15 is 0 Å². The Bertz CT molecular complexity index is 873. The molecule has 6 nitrogen and oxygen atoms in total. The van der Waals surface area contributed by atoms with Crippen LogP contribution in [0.2, 0.25) is 0 Å². The number of oxazole rings is 1. The Morgan fingerprint density at radius 2 is 2.10 bits per heavy atom. The van der Waals surface area contributed by atoms with Gasteiger partial charge in [0.05, 0.1) is 5.75 Å². The van der Waals surface area contributed by atoms with Gasteiger partial charge >= 0.3 is 5.22 Å². The summed E-state index contributed by atoms with van der Waals surface area (Å²) in [5.41, 5.74) is 7.84. The van der Waals surface area contributed by atoms with Crippen molar-refractivity contribution >= 4 is 26.6 Å². The van der Waals surface area contributed by atoms with E-state index in [2.05, 4.69) is 9.97 Å². The molecular formula is C14H13N3O3S. The zero-order valence-corrected chi connectivity index (χ0v) is 11.9. The first-order chi connectivity index (χ1) is 10.0. The lowest BCUT2D eigenvalue weighted by molar-refractivity contribution is 0.458. The smallest absolute Gasteiger partial charge is 0.316 e. The summed E-state index contributed by atoms with van der Waals surface area (Å²) in [5, 5.41) is -0.271. The molecule has 3 rings (SSSR count). The fourth-order valence-corrected chi connectivity index (χ4v) is 3.08. The summed E-state index contributed by atoms with van der Waals surface area (Å²) in [4.78, 5) is 7.96. The number of rotatable bonds is 4. The van der Waals surface area contributed by atoms with Gasteiger partial charge in [0, 0.05) is 18.1 Å². The average Bonchev–Trinajstić information content (AvgIpc) is 2.90. The highest BCUT2D eigenvalue weighted by molar-refractivity contribution is 7.91. The summed E-state index contributed by atoms with van der Waals surface area (Å²) in [7, 11) is -3.58. The molecule has 0 aliphatic rings. The summed E-state index contributed by atoms with van der Waals surface area (Å²) in [5.74, 6) is -0.0823. The molecule has 3 aromatic rings. The van der Waals surface area contributed by atoms with Crippen LogP contribution in [-0.4, -0.2) is 24.1 Å². The van der Waals surface area contributed by atoms with Crippen LogP contribution in [-0.2, 0) is 16.3 Å². The molecule has 0 aliphatic heterocycles. The summed E-state index contributed by atoms with van der Waals surface area (Å²) in [6.07, 6.45) is 3.64. The molecule has 7 heteroatoms. The Morgan fingerprint density at radius 3 is 2.86 bits per heavy atom. The fraction of sp³-hybridized carbons (Fsp3) is 0.143. The number of nitrogens with zero attached hydrogens (tertiary/aromatic N) is 2. The maximum atomic E-state index is 12.3. The Hall–Kier alpha value is -2.41. The highest BCUT2D eigenvalue weighted by atomic mass is 32.2. The SMILES string of the molecule is Nc1ccc2oc(S(=O)(=O)CCc3cccnc3)nc2c1. The molecule has 0 saturated heterocycles. The second-order valence-electron chi connectivity index (χ2n) is 4.64. The van der Waals surface area contributed by atoms with Crippen LogP contribution >= 0.6 is 0 Å². The Balaban J connectivity index is 1.86. The van der Waals surface area contributed by atoms with Crippen LogP contribution in [0, 0.1) is 0 Å². The van der Waals surface area contributed by atoms with E-state index in [9.17, 15) is 8.42 Å². The van der Waals surface area contributed by atoms with Crippen molar-refractivity contribution in [2.24, 2.45) is 0 Å². The summed E-state index contributed by atoms with van der Waals surface area (Å²) in [6.45, 7) is 0. The van der Waals surface area contributed by atoms with Gasteiger partial charge in [-0.1, -0.05) is 6.07 Å². The molecule has 108 valence electrons. The Labute approximate surface area is 121 Å². The first-order valence-corrected chi connectivity index (χ1v) is 7.97.